The quantitative estimate of drug-likeness (QED) is 0.636. The molecule has 0 amide bonds. The summed E-state index contributed by atoms with van der Waals surface area (Å²) in [4.78, 5) is -0.421. The van der Waals surface area contributed by atoms with Crippen molar-refractivity contribution in [1.29, 1.82) is 5.26 Å². The lowest BCUT2D eigenvalue weighted by atomic mass is 10.0. The van der Waals surface area contributed by atoms with Gasteiger partial charge < -0.3 is 0 Å². The van der Waals surface area contributed by atoms with Crippen LogP contribution in [0.4, 0.5) is 8.78 Å². The standard InChI is InChI=1S/C9H5Cl2F2NO2S/c10-3-5-1-7(17(11,15)16)2-6(4-14)8(5)9(12)13/h1-2,9H,3H2. The van der Waals surface area contributed by atoms with Crippen molar-refractivity contribution >= 4 is 31.3 Å². The zero-order valence-corrected chi connectivity index (χ0v) is 10.5. The van der Waals surface area contributed by atoms with Crippen molar-refractivity contribution in [1.82, 2.24) is 0 Å². The van der Waals surface area contributed by atoms with Crippen molar-refractivity contribution in [2.45, 2.75) is 17.2 Å². The van der Waals surface area contributed by atoms with Crippen LogP contribution in [0, 0.1) is 11.3 Å². The molecular weight excluding hydrogens is 295 g/mol. The van der Waals surface area contributed by atoms with E-state index in [9.17, 15) is 17.2 Å². The molecule has 1 aromatic rings. The van der Waals surface area contributed by atoms with Crippen LogP contribution in [-0.4, -0.2) is 8.42 Å². The molecule has 0 aromatic heterocycles. The summed E-state index contributed by atoms with van der Waals surface area (Å²) in [5, 5.41) is 8.71. The molecule has 92 valence electrons. The molecule has 3 nitrogen and oxygen atoms in total. The van der Waals surface area contributed by atoms with E-state index in [1.165, 1.54) is 6.07 Å². The Morgan fingerprint density at radius 1 is 1.41 bits per heavy atom. The first-order valence-corrected chi connectivity index (χ1v) is 7.01. The topological polar surface area (TPSA) is 57.9 Å². The highest BCUT2D eigenvalue weighted by Crippen LogP contribution is 2.31. The van der Waals surface area contributed by atoms with E-state index in [0.29, 0.717) is 0 Å². The van der Waals surface area contributed by atoms with Gasteiger partial charge in [-0.05, 0) is 17.7 Å². The van der Waals surface area contributed by atoms with Crippen LogP contribution in [0.1, 0.15) is 23.1 Å². The molecule has 17 heavy (non-hydrogen) atoms. The highest BCUT2D eigenvalue weighted by Gasteiger charge is 2.22. The van der Waals surface area contributed by atoms with Crippen LogP contribution < -0.4 is 0 Å². The van der Waals surface area contributed by atoms with Gasteiger partial charge >= 0.3 is 0 Å². The Kier molecular flexibility index (Phi) is 4.31. The summed E-state index contributed by atoms with van der Waals surface area (Å²) in [5.41, 5.74) is -1.14. The number of rotatable bonds is 3. The van der Waals surface area contributed by atoms with E-state index in [0.717, 1.165) is 12.1 Å². The van der Waals surface area contributed by atoms with Crippen molar-refractivity contribution in [3.05, 3.63) is 28.8 Å². The molecule has 0 N–H and O–H groups in total. The molecule has 0 saturated heterocycles. The van der Waals surface area contributed by atoms with Gasteiger partial charge in [-0.15, -0.1) is 11.6 Å². The molecule has 0 spiro atoms. The van der Waals surface area contributed by atoms with Crippen LogP contribution in [0.15, 0.2) is 17.0 Å². The van der Waals surface area contributed by atoms with Crippen LogP contribution in [-0.2, 0) is 14.9 Å². The molecule has 0 radical (unpaired) electrons. The zero-order valence-electron chi connectivity index (χ0n) is 8.12. The van der Waals surface area contributed by atoms with E-state index in [2.05, 4.69) is 0 Å². The Labute approximate surface area is 106 Å². The van der Waals surface area contributed by atoms with Crippen LogP contribution in [0.2, 0.25) is 0 Å². The summed E-state index contributed by atoms with van der Waals surface area (Å²) >= 11 is 5.45. The molecule has 0 aliphatic carbocycles. The molecule has 0 aliphatic rings. The maximum atomic E-state index is 12.7. The number of halogens is 4. The summed E-state index contributed by atoms with van der Waals surface area (Å²) in [6.07, 6.45) is -2.91. The molecule has 0 unspecified atom stereocenters. The fraction of sp³-hybridized carbons (Fsp3) is 0.222. The Hall–Kier alpha value is -0.900. The second kappa shape index (κ2) is 5.17. The van der Waals surface area contributed by atoms with Crippen LogP contribution >= 0.6 is 22.3 Å². The summed E-state index contributed by atoms with van der Waals surface area (Å²) in [7, 11) is 0.988. The molecule has 0 fully saturated rings. The van der Waals surface area contributed by atoms with E-state index in [4.69, 9.17) is 27.5 Å². The van der Waals surface area contributed by atoms with Gasteiger partial charge in [-0.3, -0.25) is 0 Å². The summed E-state index contributed by atoms with van der Waals surface area (Å²) in [6.45, 7) is 0. The molecule has 1 aromatic carbocycles. The predicted molar refractivity (Wildman–Crippen MR) is 58.7 cm³/mol. The van der Waals surface area contributed by atoms with Crippen molar-refractivity contribution in [2.24, 2.45) is 0 Å². The fourth-order valence-corrected chi connectivity index (χ4v) is 2.32. The van der Waals surface area contributed by atoms with E-state index < -0.39 is 31.5 Å². The molecule has 0 atom stereocenters. The number of hydrogen-bond acceptors (Lipinski definition) is 3. The minimum absolute atomic E-state index is 0.125. The van der Waals surface area contributed by atoms with Gasteiger partial charge in [0.05, 0.1) is 16.5 Å². The smallest absolute Gasteiger partial charge is 0.207 e. The Morgan fingerprint density at radius 3 is 2.35 bits per heavy atom. The molecule has 0 aliphatic heterocycles. The molecule has 0 heterocycles. The second-order valence-corrected chi connectivity index (χ2v) is 5.86. The zero-order chi connectivity index (χ0) is 13.2. The van der Waals surface area contributed by atoms with Gasteiger partial charge in [-0.2, -0.15) is 5.26 Å². The maximum Gasteiger partial charge on any atom is 0.265 e. The van der Waals surface area contributed by atoms with Crippen LogP contribution in [0.3, 0.4) is 0 Å². The Balaban J connectivity index is 3.63. The minimum Gasteiger partial charge on any atom is -0.207 e. The monoisotopic (exact) mass is 299 g/mol. The predicted octanol–water partition coefficient (Wildman–Crippen LogP) is 3.16. The van der Waals surface area contributed by atoms with E-state index >= 15 is 0 Å². The molecule has 0 saturated carbocycles. The average molecular weight is 300 g/mol. The number of nitrogens with zero attached hydrogens (tertiary/aromatic N) is 1. The average Bonchev–Trinajstić information content (AvgIpc) is 2.25. The first kappa shape index (κ1) is 14.2. The first-order valence-electron chi connectivity index (χ1n) is 4.17. The maximum absolute atomic E-state index is 12.7. The van der Waals surface area contributed by atoms with Crippen LogP contribution in [0.25, 0.3) is 0 Å². The third-order valence-electron chi connectivity index (χ3n) is 2.00. The Bertz CT molecular complexity index is 581. The van der Waals surface area contributed by atoms with Crippen LogP contribution in [0.5, 0.6) is 0 Å². The normalized spacial score (nSPS) is 11.5. The van der Waals surface area contributed by atoms with Gasteiger partial charge in [-0.1, -0.05) is 0 Å². The van der Waals surface area contributed by atoms with E-state index in [1.807, 2.05) is 0 Å². The summed E-state index contributed by atoms with van der Waals surface area (Å²) in [5.74, 6) is -0.339. The lowest BCUT2D eigenvalue weighted by Crippen LogP contribution is -2.01. The molecule has 0 bridgehead atoms. The third-order valence-corrected chi connectivity index (χ3v) is 3.62. The second-order valence-electron chi connectivity index (χ2n) is 3.03. The number of alkyl halides is 3. The number of hydrogen-bond donors (Lipinski definition) is 0. The number of nitriles is 1. The third kappa shape index (κ3) is 3.06. The fourth-order valence-electron chi connectivity index (χ4n) is 1.29. The van der Waals surface area contributed by atoms with Gasteiger partial charge in [0.2, 0.25) is 0 Å². The van der Waals surface area contributed by atoms with Crippen molar-refractivity contribution in [3.8, 4) is 6.07 Å². The lowest BCUT2D eigenvalue weighted by molar-refractivity contribution is 0.150. The van der Waals surface area contributed by atoms with Gasteiger partial charge in [0.25, 0.3) is 15.5 Å². The van der Waals surface area contributed by atoms with Gasteiger partial charge in [0, 0.05) is 22.1 Å². The number of benzene rings is 1. The van der Waals surface area contributed by atoms with Crippen molar-refractivity contribution in [2.75, 3.05) is 0 Å². The Morgan fingerprint density at radius 2 is 2.00 bits per heavy atom. The molecule has 1 rings (SSSR count). The SMILES string of the molecule is N#Cc1cc(S(=O)(=O)Cl)cc(CCl)c1C(F)F. The lowest BCUT2D eigenvalue weighted by Gasteiger charge is -2.10. The molecular formula is C9H5Cl2F2NO2S. The summed E-state index contributed by atoms with van der Waals surface area (Å²) < 4.78 is 47.5. The summed E-state index contributed by atoms with van der Waals surface area (Å²) in [6, 6.07) is 3.25. The van der Waals surface area contributed by atoms with Gasteiger partial charge in [0.1, 0.15) is 0 Å². The van der Waals surface area contributed by atoms with E-state index in [-0.39, 0.29) is 11.4 Å². The van der Waals surface area contributed by atoms with E-state index in [1.54, 1.807) is 0 Å². The minimum atomic E-state index is -4.09. The van der Waals surface area contributed by atoms with Crippen molar-refractivity contribution < 1.29 is 17.2 Å². The largest absolute Gasteiger partial charge is 0.265 e. The highest BCUT2D eigenvalue weighted by molar-refractivity contribution is 8.13. The highest BCUT2D eigenvalue weighted by atomic mass is 35.7. The molecule has 8 heteroatoms. The van der Waals surface area contributed by atoms with Gasteiger partial charge in [0.15, 0.2) is 0 Å². The van der Waals surface area contributed by atoms with Crippen molar-refractivity contribution in [3.63, 3.8) is 0 Å². The van der Waals surface area contributed by atoms with Gasteiger partial charge in [-0.25, -0.2) is 17.2 Å². The first-order chi connectivity index (χ1) is 7.81.